The molecule has 0 aromatic carbocycles. The van der Waals surface area contributed by atoms with Crippen molar-refractivity contribution in [2.75, 3.05) is 44.7 Å². The van der Waals surface area contributed by atoms with Gasteiger partial charge in [0.2, 0.25) is 0 Å². The van der Waals surface area contributed by atoms with Crippen molar-refractivity contribution in [2.45, 2.75) is 12.8 Å². The Labute approximate surface area is 124 Å². The Hall–Kier alpha value is -1.19. The number of carbonyl (C=O) groups excluding carboxylic acids is 1. The molecule has 0 unspecified atom stereocenters. The number of methoxy groups -OCH3 is 1. The second-order valence-electron chi connectivity index (χ2n) is 4.74. The van der Waals surface area contributed by atoms with Crippen LogP contribution in [0.5, 0.6) is 0 Å². The maximum atomic E-state index is 12.3. The van der Waals surface area contributed by atoms with Crippen molar-refractivity contribution in [2.24, 2.45) is 0 Å². The van der Waals surface area contributed by atoms with Gasteiger partial charge in [-0.15, -0.1) is 0 Å². The molecule has 2 heterocycles. The largest absolute Gasteiger partial charge is 0.401 e. The topological polar surface area (TPSA) is 45.7 Å². The van der Waals surface area contributed by atoms with Gasteiger partial charge in [-0.1, -0.05) is 11.3 Å². The van der Waals surface area contributed by atoms with E-state index in [0.29, 0.717) is 41.9 Å². The number of aldehydes is 1. The number of alkyl halides is 3. The lowest BCUT2D eigenvalue weighted by molar-refractivity contribution is -0.146. The monoisotopic (exact) mass is 323 g/mol. The molecule has 21 heavy (non-hydrogen) atoms. The molecule has 0 spiro atoms. The predicted molar refractivity (Wildman–Crippen MR) is 72.9 cm³/mol. The molecule has 2 rings (SSSR count). The number of nitrogens with zero attached hydrogens (tertiary/aromatic N) is 3. The van der Waals surface area contributed by atoms with Crippen LogP contribution in [0.3, 0.4) is 0 Å². The first-order chi connectivity index (χ1) is 9.93. The summed E-state index contributed by atoms with van der Waals surface area (Å²) in [6.07, 6.45) is -3.44. The van der Waals surface area contributed by atoms with E-state index in [-0.39, 0.29) is 6.61 Å². The number of ether oxygens (including phenoxy) is 1. The molecule has 1 saturated heterocycles. The van der Waals surface area contributed by atoms with Gasteiger partial charge in [0.05, 0.1) is 23.7 Å². The number of piperazine rings is 1. The Kier molecular flexibility index (Phi) is 5.17. The molecule has 1 aliphatic rings. The summed E-state index contributed by atoms with van der Waals surface area (Å²) in [5.41, 5.74) is 0.574. The minimum atomic E-state index is -4.17. The van der Waals surface area contributed by atoms with Crippen LogP contribution in [0.1, 0.15) is 15.4 Å². The van der Waals surface area contributed by atoms with Gasteiger partial charge in [0, 0.05) is 33.3 Å². The van der Waals surface area contributed by atoms with Crippen LogP contribution in [0, 0.1) is 0 Å². The summed E-state index contributed by atoms with van der Waals surface area (Å²) < 4.78 is 42.0. The molecule has 0 bridgehead atoms. The number of halogens is 3. The molecule has 1 aromatic heterocycles. The third kappa shape index (κ3) is 4.39. The van der Waals surface area contributed by atoms with Crippen LogP contribution >= 0.6 is 11.3 Å². The molecule has 0 N–H and O–H groups in total. The first-order valence-corrected chi connectivity index (χ1v) is 7.22. The van der Waals surface area contributed by atoms with Crippen LogP contribution < -0.4 is 4.90 Å². The summed E-state index contributed by atoms with van der Waals surface area (Å²) >= 11 is 1.25. The zero-order valence-electron chi connectivity index (χ0n) is 11.5. The van der Waals surface area contributed by atoms with E-state index in [1.807, 2.05) is 4.90 Å². The molecule has 0 radical (unpaired) electrons. The van der Waals surface area contributed by atoms with Gasteiger partial charge in [-0.25, -0.2) is 4.98 Å². The Balaban J connectivity index is 1.97. The summed E-state index contributed by atoms with van der Waals surface area (Å²) in [5, 5.41) is 0.663. The Morgan fingerprint density at radius 2 is 2.00 bits per heavy atom. The molecule has 0 amide bonds. The van der Waals surface area contributed by atoms with Gasteiger partial charge in [-0.3, -0.25) is 9.69 Å². The molecule has 1 fully saturated rings. The standard InChI is InChI=1S/C12H16F3N3O2S/c1-20-7-9-10(6-19)21-11(16-9)18-4-2-17(3-5-18)8-12(13,14)15/h6H,2-5,7-8H2,1H3. The van der Waals surface area contributed by atoms with Crippen LogP contribution in [0.4, 0.5) is 18.3 Å². The van der Waals surface area contributed by atoms with E-state index in [4.69, 9.17) is 4.74 Å². The van der Waals surface area contributed by atoms with Crippen molar-refractivity contribution in [1.29, 1.82) is 0 Å². The Bertz CT molecular complexity index is 485. The van der Waals surface area contributed by atoms with Crippen molar-refractivity contribution in [3.8, 4) is 0 Å². The number of hydrogen-bond donors (Lipinski definition) is 0. The highest BCUT2D eigenvalue weighted by molar-refractivity contribution is 7.17. The molecule has 9 heteroatoms. The third-order valence-corrected chi connectivity index (χ3v) is 4.23. The minimum Gasteiger partial charge on any atom is -0.378 e. The number of rotatable bonds is 5. The molecule has 118 valence electrons. The lowest BCUT2D eigenvalue weighted by Gasteiger charge is -2.34. The van der Waals surface area contributed by atoms with E-state index in [9.17, 15) is 18.0 Å². The number of aromatic nitrogens is 1. The summed E-state index contributed by atoms with van der Waals surface area (Å²) in [6, 6.07) is 0. The maximum Gasteiger partial charge on any atom is 0.401 e. The molecule has 0 aliphatic carbocycles. The second-order valence-corrected chi connectivity index (χ2v) is 5.75. The van der Waals surface area contributed by atoms with Crippen molar-refractivity contribution >= 4 is 22.8 Å². The average Bonchev–Trinajstić information content (AvgIpc) is 2.81. The highest BCUT2D eigenvalue weighted by Crippen LogP contribution is 2.27. The highest BCUT2D eigenvalue weighted by atomic mass is 32.1. The van der Waals surface area contributed by atoms with E-state index >= 15 is 0 Å². The molecule has 1 aromatic rings. The quantitative estimate of drug-likeness (QED) is 0.773. The number of thiazole rings is 1. The van der Waals surface area contributed by atoms with E-state index in [1.165, 1.54) is 23.3 Å². The van der Waals surface area contributed by atoms with Crippen LogP contribution in [-0.4, -0.2) is 62.2 Å². The number of hydrogen-bond acceptors (Lipinski definition) is 6. The molecular formula is C12H16F3N3O2S. The van der Waals surface area contributed by atoms with Gasteiger partial charge in [-0.05, 0) is 0 Å². The number of carbonyl (C=O) groups is 1. The van der Waals surface area contributed by atoms with Gasteiger partial charge >= 0.3 is 6.18 Å². The molecule has 0 atom stereocenters. The molecule has 0 saturated carbocycles. The SMILES string of the molecule is COCc1nc(N2CCN(CC(F)(F)F)CC2)sc1C=O. The summed E-state index contributed by atoms with van der Waals surface area (Å²) in [7, 11) is 1.52. The van der Waals surface area contributed by atoms with Gasteiger partial charge < -0.3 is 9.64 Å². The fourth-order valence-electron chi connectivity index (χ4n) is 2.17. The Morgan fingerprint density at radius 3 is 2.52 bits per heavy atom. The summed E-state index contributed by atoms with van der Waals surface area (Å²) in [4.78, 5) is 19.1. The smallest absolute Gasteiger partial charge is 0.378 e. The first kappa shape index (κ1) is 16.2. The highest BCUT2D eigenvalue weighted by Gasteiger charge is 2.32. The average molecular weight is 323 g/mol. The lowest BCUT2D eigenvalue weighted by atomic mass is 10.3. The molecule has 5 nitrogen and oxygen atoms in total. The first-order valence-electron chi connectivity index (χ1n) is 6.41. The summed E-state index contributed by atoms with van der Waals surface area (Å²) in [6.45, 7) is 0.957. The zero-order chi connectivity index (χ0) is 15.5. The third-order valence-electron chi connectivity index (χ3n) is 3.15. The maximum absolute atomic E-state index is 12.3. The normalized spacial score (nSPS) is 17.2. The fraction of sp³-hybridized carbons (Fsp3) is 0.667. The predicted octanol–water partition coefficient (Wildman–Crippen LogP) is 1.79. The Morgan fingerprint density at radius 1 is 1.33 bits per heavy atom. The van der Waals surface area contributed by atoms with E-state index in [0.717, 1.165) is 6.29 Å². The van der Waals surface area contributed by atoms with E-state index in [1.54, 1.807) is 0 Å². The van der Waals surface area contributed by atoms with Crippen LogP contribution in [0.25, 0.3) is 0 Å². The summed E-state index contributed by atoms with van der Waals surface area (Å²) in [5.74, 6) is 0. The van der Waals surface area contributed by atoms with Crippen LogP contribution in [0.2, 0.25) is 0 Å². The number of anilines is 1. The van der Waals surface area contributed by atoms with Crippen LogP contribution in [0.15, 0.2) is 0 Å². The van der Waals surface area contributed by atoms with E-state index in [2.05, 4.69) is 4.98 Å². The van der Waals surface area contributed by atoms with Crippen molar-refractivity contribution in [3.05, 3.63) is 10.6 Å². The van der Waals surface area contributed by atoms with Crippen LogP contribution in [-0.2, 0) is 11.3 Å². The molecule has 1 aliphatic heterocycles. The minimum absolute atomic E-state index is 0.249. The van der Waals surface area contributed by atoms with Crippen molar-refractivity contribution < 1.29 is 22.7 Å². The van der Waals surface area contributed by atoms with Gasteiger partial charge in [0.1, 0.15) is 0 Å². The van der Waals surface area contributed by atoms with Crippen molar-refractivity contribution in [3.63, 3.8) is 0 Å². The van der Waals surface area contributed by atoms with Gasteiger partial charge in [0.25, 0.3) is 0 Å². The molecular weight excluding hydrogens is 307 g/mol. The lowest BCUT2D eigenvalue weighted by Crippen LogP contribution is -2.49. The van der Waals surface area contributed by atoms with E-state index < -0.39 is 12.7 Å². The van der Waals surface area contributed by atoms with Gasteiger partial charge in [0.15, 0.2) is 11.4 Å². The fourth-order valence-corrected chi connectivity index (χ4v) is 3.10. The van der Waals surface area contributed by atoms with Crippen molar-refractivity contribution in [1.82, 2.24) is 9.88 Å². The van der Waals surface area contributed by atoms with Gasteiger partial charge in [-0.2, -0.15) is 13.2 Å². The second kappa shape index (κ2) is 6.71. The zero-order valence-corrected chi connectivity index (χ0v) is 12.3.